The lowest BCUT2D eigenvalue weighted by Crippen LogP contribution is -2.15. The topological polar surface area (TPSA) is 113 Å². The Hall–Kier alpha value is -1.55. The van der Waals surface area contributed by atoms with E-state index < -0.39 is 28.1 Å². The van der Waals surface area contributed by atoms with E-state index in [0.717, 1.165) is 30.4 Å². The Morgan fingerprint density at radius 3 is 1.58 bits per heavy atom. The number of hydrogen-bond donors (Lipinski definition) is 0. The summed E-state index contributed by atoms with van der Waals surface area (Å²) in [6.07, 6.45) is 3.22. The third kappa shape index (κ3) is 8.31. The number of rotatable bonds is 13. The fourth-order valence-electron chi connectivity index (χ4n) is 2.89. The van der Waals surface area contributed by atoms with Gasteiger partial charge in [0.15, 0.2) is 0 Å². The van der Waals surface area contributed by atoms with Crippen LogP contribution in [0.5, 0.6) is 0 Å². The molecule has 0 spiro atoms. The van der Waals surface area contributed by atoms with Crippen molar-refractivity contribution in [1.82, 2.24) is 0 Å². The minimum Gasteiger partial charge on any atom is -0.285 e. The molecule has 0 aliphatic rings. The Kier molecular flexibility index (Phi) is 9.84. The highest BCUT2D eigenvalue weighted by Gasteiger charge is 2.41. The molecule has 0 saturated carbocycles. The van der Waals surface area contributed by atoms with E-state index in [0.29, 0.717) is 6.42 Å². The first kappa shape index (κ1) is 27.7. The third-order valence-electron chi connectivity index (χ3n) is 5.01. The van der Waals surface area contributed by atoms with Gasteiger partial charge in [0.05, 0.1) is 16.4 Å². The highest BCUT2D eigenvalue weighted by atomic mass is 32.2. The van der Waals surface area contributed by atoms with Crippen LogP contribution in [0.3, 0.4) is 0 Å². The molecule has 0 radical (unpaired) electrons. The summed E-state index contributed by atoms with van der Waals surface area (Å²) in [5.41, 5.74) is 1.60. The van der Waals surface area contributed by atoms with Crippen molar-refractivity contribution >= 4 is 28.1 Å². The second-order valence-corrected chi connectivity index (χ2v) is 12.9. The van der Waals surface area contributed by atoms with Crippen LogP contribution >= 0.6 is 7.82 Å². The van der Waals surface area contributed by atoms with Gasteiger partial charge in [-0.3, -0.25) is 4.52 Å². The van der Waals surface area contributed by atoms with Crippen molar-refractivity contribution in [2.75, 3.05) is 6.61 Å². The Morgan fingerprint density at radius 1 is 0.788 bits per heavy atom. The molecule has 184 valence electrons. The minimum atomic E-state index is -5.09. The van der Waals surface area contributed by atoms with Crippen LogP contribution in [-0.4, -0.2) is 23.4 Å². The van der Waals surface area contributed by atoms with E-state index in [1.165, 1.54) is 48.5 Å². The molecule has 0 aliphatic carbocycles. The maximum Gasteiger partial charge on any atom is 0.505 e. The van der Waals surface area contributed by atoms with Crippen molar-refractivity contribution in [2.45, 2.75) is 63.2 Å². The summed E-state index contributed by atoms with van der Waals surface area (Å²) in [7, 11) is -14.4. The Labute approximate surface area is 197 Å². The highest BCUT2D eigenvalue weighted by Crippen LogP contribution is 2.54. The van der Waals surface area contributed by atoms with Gasteiger partial charge in [-0.1, -0.05) is 68.5 Å². The summed E-state index contributed by atoms with van der Waals surface area (Å²) >= 11 is 0. The van der Waals surface area contributed by atoms with Crippen LogP contribution in [0.2, 0.25) is 0 Å². The molecular weight excluding hydrogens is 487 g/mol. The lowest BCUT2D eigenvalue weighted by Gasteiger charge is -2.20. The quantitative estimate of drug-likeness (QED) is 0.308. The normalized spacial score (nSPS) is 13.7. The van der Waals surface area contributed by atoms with Crippen LogP contribution in [0.4, 0.5) is 0 Å². The van der Waals surface area contributed by atoms with Crippen LogP contribution in [0, 0.1) is 19.8 Å². The van der Waals surface area contributed by atoms with Gasteiger partial charge in [-0.25, -0.2) is 4.57 Å². The molecular formula is C22H31O8PS2. The molecule has 0 aliphatic heterocycles. The zero-order valence-corrected chi connectivity index (χ0v) is 21.8. The molecule has 0 bridgehead atoms. The lowest BCUT2D eigenvalue weighted by molar-refractivity contribution is 0.174. The molecule has 0 N–H and O–H groups in total. The van der Waals surface area contributed by atoms with Crippen molar-refractivity contribution in [3.05, 3.63) is 59.7 Å². The molecule has 2 aromatic rings. The molecule has 2 aromatic carbocycles. The molecule has 0 amide bonds. The largest absolute Gasteiger partial charge is 0.505 e. The molecule has 0 aromatic heterocycles. The standard InChI is InChI=1S/C22H31O8PS2/c1-5-7-8-20(6-2)17-28-31(23,29-32(24,25)21-13-9-18(3)10-14-21)30-33(26,27)22-15-11-19(4)12-16-22/h9-16,20H,5-8,17H2,1-4H3. The first-order valence-corrected chi connectivity index (χ1v) is 15.0. The molecule has 1 atom stereocenters. The van der Waals surface area contributed by atoms with E-state index in [1.807, 2.05) is 13.8 Å². The summed E-state index contributed by atoms with van der Waals surface area (Å²) < 4.78 is 79.4. The van der Waals surface area contributed by atoms with E-state index in [2.05, 4.69) is 0 Å². The smallest absolute Gasteiger partial charge is 0.285 e. The number of unbranched alkanes of at least 4 members (excludes halogenated alkanes) is 1. The van der Waals surface area contributed by atoms with Crippen molar-refractivity contribution in [3.63, 3.8) is 0 Å². The molecule has 8 nitrogen and oxygen atoms in total. The molecule has 0 heterocycles. The summed E-state index contributed by atoms with van der Waals surface area (Å²) in [5, 5.41) is 0. The summed E-state index contributed by atoms with van der Waals surface area (Å²) in [5.74, 6) is -0.0744. The summed E-state index contributed by atoms with van der Waals surface area (Å²) in [6.45, 7) is 7.28. The van der Waals surface area contributed by atoms with Crippen LogP contribution < -0.4 is 0 Å². The first-order valence-electron chi connectivity index (χ1n) is 10.7. The van der Waals surface area contributed by atoms with E-state index >= 15 is 0 Å². The molecule has 33 heavy (non-hydrogen) atoms. The fourth-order valence-corrected chi connectivity index (χ4v) is 7.50. The van der Waals surface area contributed by atoms with Gasteiger partial charge in [0.2, 0.25) is 0 Å². The SMILES string of the molecule is CCCCC(CC)COP(=O)(OS(=O)(=O)c1ccc(C)cc1)OS(=O)(=O)c1ccc(C)cc1. The number of benzene rings is 2. The zero-order valence-electron chi connectivity index (χ0n) is 19.3. The van der Waals surface area contributed by atoms with Crippen LogP contribution in [-0.2, 0) is 37.3 Å². The number of aryl methyl sites for hydroxylation is 2. The van der Waals surface area contributed by atoms with Gasteiger partial charge >= 0.3 is 28.1 Å². The van der Waals surface area contributed by atoms with Gasteiger partial charge in [-0.15, -0.1) is 0 Å². The van der Waals surface area contributed by atoms with Gasteiger partial charge < -0.3 is 0 Å². The van der Waals surface area contributed by atoms with Gasteiger partial charge in [0.25, 0.3) is 0 Å². The van der Waals surface area contributed by atoms with E-state index in [9.17, 15) is 21.4 Å². The van der Waals surface area contributed by atoms with Crippen LogP contribution in [0.25, 0.3) is 0 Å². The molecule has 2 rings (SSSR count). The second kappa shape index (κ2) is 11.7. The molecule has 11 heteroatoms. The van der Waals surface area contributed by atoms with E-state index in [4.69, 9.17) is 12.5 Å². The van der Waals surface area contributed by atoms with Crippen molar-refractivity contribution in [2.24, 2.45) is 5.92 Å². The number of phosphoric acid groups is 1. The Bertz CT molecular complexity index is 1080. The average Bonchev–Trinajstić information content (AvgIpc) is 2.73. The van der Waals surface area contributed by atoms with Gasteiger partial charge in [0, 0.05) is 0 Å². The van der Waals surface area contributed by atoms with Gasteiger partial charge in [-0.05, 0) is 50.5 Å². The van der Waals surface area contributed by atoms with Crippen molar-refractivity contribution in [1.29, 1.82) is 0 Å². The zero-order chi connectivity index (χ0) is 24.7. The number of hydrogen-bond acceptors (Lipinski definition) is 8. The van der Waals surface area contributed by atoms with Crippen LogP contribution in [0.1, 0.15) is 50.7 Å². The Morgan fingerprint density at radius 2 is 1.21 bits per heavy atom. The summed E-state index contributed by atoms with van der Waals surface area (Å²) in [6, 6.07) is 11.2. The third-order valence-corrected chi connectivity index (χ3v) is 10.2. The molecule has 0 saturated heterocycles. The first-order chi connectivity index (χ1) is 15.4. The average molecular weight is 519 g/mol. The highest BCUT2D eigenvalue weighted by molar-refractivity contribution is 7.94. The predicted molar refractivity (Wildman–Crippen MR) is 126 cm³/mol. The van der Waals surface area contributed by atoms with Gasteiger partial charge in [-0.2, -0.15) is 24.8 Å². The Balaban J connectivity index is 2.36. The van der Waals surface area contributed by atoms with Crippen molar-refractivity contribution < 1.29 is 33.9 Å². The predicted octanol–water partition coefficient (Wildman–Crippen LogP) is 5.76. The van der Waals surface area contributed by atoms with E-state index in [1.54, 1.807) is 13.8 Å². The van der Waals surface area contributed by atoms with E-state index in [-0.39, 0.29) is 22.3 Å². The van der Waals surface area contributed by atoms with Gasteiger partial charge in [0.1, 0.15) is 0 Å². The lowest BCUT2D eigenvalue weighted by atomic mass is 10.0. The maximum atomic E-state index is 13.4. The summed E-state index contributed by atoms with van der Waals surface area (Å²) in [4.78, 5) is -0.599. The second-order valence-electron chi connectivity index (χ2n) is 7.84. The maximum absolute atomic E-state index is 13.4. The monoisotopic (exact) mass is 518 g/mol. The fraction of sp³-hybridized carbons (Fsp3) is 0.455. The molecule has 1 unspecified atom stereocenters. The minimum absolute atomic E-state index is 0.0744. The molecule has 0 fully saturated rings. The van der Waals surface area contributed by atoms with Crippen LogP contribution in [0.15, 0.2) is 58.3 Å². The van der Waals surface area contributed by atoms with Crippen molar-refractivity contribution in [3.8, 4) is 0 Å².